The first-order valence-corrected chi connectivity index (χ1v) is 8.40. The molecule has 0 bridgehead atoms. The second-order valence-electron chi connectivity index (χ2n) is 6.60. The Morgan fingerprint density at radius 1 is 1.22 bits per heavy atom. The van der Waals surface area contributed by atoms with Gasteiger partial charge in [-0.2, -0.15) is 0 Å². The lowest BCUT2D eigenvalue weighted by Gasteiger charge is -2.27. The van der Waals surface area contributed by atoms with E-state index in [2.05, 4.69) is 24.9 Å². The maximum Gasteiger partial charge on any atom is 0.242 e. The molecule has 1 saturated heterocycles. The number of aliphatic hydroxyl groups is 1. The number of rotatable bonds is 3. The number of likely N-dealkylation sites (tertiary alicyclic amines) is 1. The molecule has 0 aliphatic carbocycles. The van der Waals surface area contributed by atoms with Crippen molar-refractivity contribution in [3.63, 3.8) is 0 Å². The number of carbonyl (C=O) groups excluding carboxylic acids is 1. The fraction of sp³-hybridized carbons (Fsp3) is 0.556. The summed E-state index contributed by atoms with van der Waals surface area (Å²) in [6.07, 6.45) is 2.67. The van der Waals surface area contributed by atoms with Crippen molar-refractivity contribution in [2.75, 3.05) is 13.1 Å². The molecule has 1 N–H and O–H groups in total. The topological polar surface area (TPSA) is 58.4 Å². The van der Waals surface area contributed by atoms with Crippen LogP contribution in [-0.4, -0.2) is 38.6 Å². The maximum atomic E-state index is 12.6. The predicted octanol–water partition coefficient (Wildman–Crippen LogP) is 2.72. The van der Waals surface area contributed by atoms with E-state index < -0.39 is 6.10 Å². The third-order valence-corrected chi connectivity index (χ3v) is 4.77. The number of fused-ring (bicyclic) bond motifs is 1. The maximum absolute atomic E-state index is 12.6. The van der Waals surface area contributed by atoms with Gasteiger partial charge in [-0.1, -0.05) is 0 Å². The highest BCUT2D eigenvalue weighted by atomic mass is 16.3. The number of piperidine rings is 1. The summed E-state index contributed by atoms with van der Waals surface area (Å²) in [4.78, 5) is 19.1. The van der Waals surface area contributed by atoms with Crippen molar-refractivity contribution < 1.29 is 9.90 Å². The number of carbonyl (C=O) groups is 1. The molecule has 124 valence electrons. The van der Waals surface area contributed by atoms with Gasteiger partial charge in [0, 0.05) is 13.1 Å². The van der Waals surface area contributed by atoms with Crippen LogP contribution >= 0.6 is 0 Å². The quantitative estimate of drug-likeness (QED) is 0.947. The van der Waals surface area contributed by atoms with Gasteiger partial charge in [-0.05, 0) is 63.3 Å². The van der Waals surface area contributed by atoms with Gasteiger partial charge in [0.25, 0.3) is 0 Å². The lowest BCUT2D eigenvalue weighted by Crippen LogP contribution is -2.38. The van der Waals surface area contributed by atoms with E-state index in [0.29, 0.717) is 5.82 Å². The van der Waals surface area contributed by atoms with Crippen LogP contribution in [0.2, 0.25) is 0 Å². The zero-order chi connectivity index (χ0) is 16.6. The molecule has 0 spiro atoms. The molecule has 1 unspecified atom stereocenters. The largest absolute Gasteiger partial charge is 0.385 e. The van der Waals surface area contributed by atoms with Crippen LogP contribution in [0.25, 0.3) is 11.0 Å². The lowest BCUT2D eigenvalue weighted by atomic mass is 10.1. The number of benzene rings is 1. The second-order valence-corrected chi connectivity index (χ2v) is 6.60. The predicted molar refractivity (Wildman–Crippen MR) is 90.3 cm³/mol. The second kappa shape index (κ2) is 6.32. The van der Waals surface area contributed by atoms with Crippen molar-refractivity contribution in [2.24, 2.45) is 0 Å². The molecule has 0 radical (unpaired) electrons. The van der Waals surface area contributed by atoms with Crippen molar-refractivity contribution in [3.8, 4) is 0 Å². The summed E-state index contributed by atoms with van der Waals surface area (Å²) in [5.41, 5.74) is 4.10. The van der Waals surface area contributed by atoms with E-state index in [1.165, 1.54) is 17.5 Å². The highest BCUT2D eigenvalue weighted by molar-refractivity contribution is 5.82. The first kappa shape index (κ1) is 16.0. The van der Waals surface area contributed by atoms with E-state index in [-0.39, 0.29) is 12.5 Å². The first-order chi connectivity index (χ1) is 11.0. The number of aryl methyl sites for hydroxylation is 2. The summed E-state index contributed by atoms with van der Waals surface area (Å²) in [5, 5.41) is 10.1. The molecule has 2 heterocycles. The lowest BCUT2D eigenvalue weighted by molar-refractivity contribution is -0.132. The highest BCUT2D eigenvalue weighted by Crippen LogP contribution is 2.24. The van der Waals surface area contributed by atoms with Crippen LogP contribution in [0.3, 0.4) is 0 Å². The van der Waals surface area contributed by atoms with Crippen LogP contribution in [0.1, 0.15) is 49.2 Å². The normalized spacial score (nSPS) is 16.8. The molecule has 1 aliphatic rings. The molecule has 5 heteroatoms. The summed E-state index contributed by atoms with van der Waals surface area (Å²) in [6.45, 7) is 7.73. The number of amides is 1. The minimum atomic E-state index is -0.697. The molecule has 2 aromatic rings. The van der Waals surface area contributed by atoms with Gasteiger partial charge in [-0.3, -0.25) is 4.79 Å². The van der Waals surface area contributed by atoms with Gasteiger partial charge >= 0.3 is 0 Å². The van der Waals surface area contributed by atoms with Gasteiger partial charge in [-0.25, -0.2) is 4.98 Å². The van der Waals surface area contributed by atoms with Crippen molar-refractivity contribution >= 4 is 16.9 Å². The standard InChI is InChI=1S/C18H25N3O2/c1-12-9-15-16(10-13(12)2)21(18(19-15)14(3)22)11-17(23)20-7-5-4-6-8-20/h9-10,14,22H,4-8,11H2,1-3H3. The van der Waals surface area contributed by atoms with Crippen molar-refractivity contribution in [1.82, 2.24) is 14.5 Å². The molecule has 23 heavy (non-hydrogen) atoms. The third-order valence-electron chi connectivity index (χ3n) is 4.77. The minimum Gasteiger partial charge on any atom is -0.385 e. The van der Waals surface area contributed by atoms with E-state index in [0.717, 1.165) is 37.0 Å². The molecule has 1 aromatic heterocycles. The van der Waals surface area contributed by atoms with Gasteiger partial charge in [0.2, 0.25) is 5.91 Å². The van der Waals surface area contributed by atoms with Crippen LogP contribution in [0.4, 0.5) is 0 Å². The minimum absolute atomic E-state index is 0.115. The van der Waals surface area contributed by atoms with Gasteiger partial charge in [0.05, 0.1) is 11.0 Å². The Morgan fingerprint density at radius 2 is 1.87 bits per heavy atom. The number of aromatic nitrogens is 2. The summed E-state index contributed by atoms with van der Waals surface area (Å²) < 4.78 is 1.88. The van der Waals surface area contributed by atoms with Crippen molar-refractivity contribution in [2.45, 2.75) is 52.7 Å². The number of nitrogens with zero attached hydrogens (tertiary/aromatic N) is 3. The fourth-order valence-corrected chi connectivity index (χ4v) is 3.26. The van der Waals surface area contributed by atoms with Gasteiger partial charge < -0.3 is 14.6 Å². The highest BCUT2D eigenvalue weighted by Gasteiger charge is 2.21. The van der Waals surface area contributed by atoms with E-state index in [4.69, 9.17) is 0 Å². The monoisotopic (exact) mass is 315 g/mol. The van der Waals surface area contributed by atoms with Gasteiger partial charge in [-0.15, -0.1) is 0 Å². The zero-order valence-corrected chi connectivity index (χ0v) is 14.2. The van der Waals surface area contributed by atoms with E-state index in [9.17, 15) is 9.90 Å². The van der Waals surface area contributed by atoms with Crippen LogP contribution in [0.5, 0.6) is 0 Å². The van der Waals surface area contributed by atoms with Crippen LogP contribution in [0, 0.1) is 13.8 Å². The average molecular weight is 315 g/mol. The Balaban J connectivity index is 1.98. The van der Waals surface area contributed by atoms with Crippen LogP contribution in [-0.2, 0) is 11.3 Å². The van der Waals surface area contributed by atoms with Crippen LogP contribution in [0.15, 0.2) is 12.1 Å². The number of hydrogen-bond donors (Lipinski definition) is 1. The Bertz CT molecular complexity index is 727. The Hall–Kier alpha value is -1.88. The van der Waals surface area contributed by atoms with Crippen molar-refractivity contribution in [3.05, 3.63) is 29.1 Å². The summed E-state index contributed by atoms with van der Waals surface area (Å²) >= 11 is 0. The SMILES string of the molecule is Cc1cc2nc(C(C)O)n(CC(=O)N3CCCCC3)c2cc1C. The summed E-state index contributed by atoms with van der Waals surface area (Å²) in [5.74, 6) is 0.680. The third kappa shape index (κ3) is 3.11. The molecule has 3 rings (SSSR count). The first-order valence-electron chi connectivity index (χ1n) is 8.40. The Morgan fingerprint density at radius 3 is 2.52 bits per heavy atom. The fourth-order valence-electron chi connectivity index (χ4n) is 3.26. The van der Waals surface area contributed by atoms with Gasteiger partial charge in [0.1, 0.15) is 18.5 Å². The van der Waals surface area contributed by atoms with Crippen molar-refractivity contribution in [1.29, 1.82) is 0 Å². The molecule has 0 saturated carbocycles. The Kier molecular flexibility index (Phi) is 4.39. The van der Waals surface area contributed by atoms with Crippen LogP contribution < -0.4 is 0 Å². The molecular formula is C18H25N3O2. The molecule has 1 aromatic carbocycles. The smallest absolute Gasteiger partial charge is 0.242 e. The van der Waals surface area contributed by atoms with E-state index >= 15 is 0 Å². The zero-order valence-electron chi connectivity index (χ0n) is 14.2. The Labute approximate surface area is 136 Å². The van der Waals surface area contributed by atoms with E-state index in [1.54, 1.807) is 6.92 Å². The summed E-state index contributed by atoms with van der Waals surface area (Å²) in [7, 11) is 0. The molecular weight excluding hydrogens is 290 g/mol. The van der Waals surface area contributed by atoms with E-state index in [1.807, 2.05) is 15.5 Å². The molecule has 1 fully saturated rings. The average Bonchev–Trinajstić information content (AvgIpc) is 2.87. The molecule has 5 nitrogen and oxygen atoms in total. The number of aliphatic hydroxyl groups excluding tert-OH is 1. The van der Waals surface area contributed by atoms with Gasteiger partial charge in [0.15, 0.2) is 0 Å². The molecule has 1 aliphatic heterocycles. The molecule has 1 amide bonds. The summed E-state index contributed by atoms with van der Waals surface area (Å²) in [6, 6.07) is 4.09. The number of hydrogen-bond acceptors (Lipinski definition) is 3. The molecule has 1 atom stereocenters. The number of imidazole rings is 1.